The molecule has 1 amide bonds. The Morgan fingerprint density at radius 1 is 0.949 bits per heavy atom. The molecule has 3 aromatic carbocycles. The second-order valence-corrected chi connectivity index (χ2v) is 10.7. The number of pyridine rings is 1. The second kappa shape index (κ2) is 11.0. The van der Waals surface area contributed by atoms with Gasteiger partial charge in [0.1, 0.15) is 0 Å². The highest BCUT2D eigenvalue weighted by Crippen LogP contribution is 2.39. The number of nitrogens with one attached hydrogen (secondary N) is 2. The lowest BCUT2D eigenvalue weighted by atomic mass is 10.0. The maximum Gasteiger partial charge on any atom is 0.226 e. The van der Waals surface area contributed by atoms with Gasteiger partial charge in [-0.2, -0.15) is 0 Å². The van der Waals surface area contributed by atoms with Crippen LogP contribution in [0.2, 0.25) is 0 Å². The van der Waals surface area contributed by atoms with Crippen molar-refractivity contribution >= 4 is 55.6 Å². The third-order valence-corrected chi connectivity index (χ3v) is 7.91. The summed E-state index contributed by atoms with van der Waals surface area (Å²) in [6, 6.07) is 31.9. The predicted molar refractivity (Wildman–Crippen MR) is 163 cm³/mol. The minimum absolute atomic E-state index is 0.0579. The zero-order valence-electron chi connectivity index (χ0n) is 21.0. The van der Waals surface area contributed by atoms with E-state index in [4.69, 9.17) is 12.2 Å². The van der Waals surface area contributed by atoms with Gasteiger partial charge in [-0.1, -0.05) is 58.4 Å². The lowest BCUT2D eigenvalue weighted by Gasteiger charge is -2.29. The largest absolute Gasteiger partial charge is 0.352 e. The maximum absolute atomic E-state index is 13.2. The van der Waals surface area contributed by atoms with E-state index in [-0.39, 0.29) is 24.4 Å². The Kier molecular flexibility index (Phi) is 7.13. The number of halogens is 1. The molecule has 0 aliphatic carbocycles. The number of thiocarbonyl (C=S) groups is 1. The van der Waals surface area contributed by atoms with Crippen LogP contribution in [-0.4, -0.2) is 32.0 Å². The summed E-state index contributed by atoms with van der Waals surface area (Å²) in [6.07, 6.45) is 4.14. The predicted octanol–water partition coefficient (Wildman–Crippen LogP) is 6.79. The molecular formula is C31H26BrN5OS. The summed E-state index contributed by atoms with van der Waals surface area (Å²) in [7, 11) is 0. The molecule has 1 saturated heterocycles. The molecule has 3 heterocycles. The molecular weight excluding hydrogens is 570 g/mol. The number of anilines is 1. The molecule has 0 spiro atoms. The van der Waals surface area contributed by atoms with Gasteiger partial charge in [0, 0.05) is 52.3 Å². The van der Waals surface area contributed by atoms with Crippen LogP contribution in [0, 0.1) is 0 Å². The first-order valence-corrected chi connectivity index (χ1v) is 14.0. The number of carbonyl (C=O) groups excluding carboxylic acids is 1. The van der Waals surface area contributed by atoms with Crippen LogP contribution in [0.5, 0.6) is 0 Å². The number of carbonyl (C=O) groups is 1. The summed E-state index contributed by atoms with van der Waals surface area (Å²) in [5, 5.41) is 9.31. The standard InChI is InChI=1S/C31H26BrN5OS/c32-22-13-15-23(16-14-22)36-19-6-12-27(36)30-29(26-10-3-4-18-33-26)35-31(39)37(30)20-17-28(38)34-25-11-5-8-21-7-1-2-9-24(21)25/h1-16,18-19,29-30H,17,20H2,(H,34,38)(H,35,39). The topological polar surface area (TPSA) is 62.2 Å². The van der Waals surface area contributed by atoms with E-state index < -0.39 is 0 Å². The summed E-state index contributed by atoms with van der Waals surface area (Å²) in [6.45, 7) is 0.460. The molecule has 2 N–H and O–H groups in total. The van der Waals surface area contributed by atoms with Crippen LogP contribution in [0.4, 0.5) is 5.69 Å². The van der Waals surface area contributed by atoms with Gasteiger partial charge in [-0.3, -0.25) is 9.78 Å². The molecule has 1 aliphatic rings. The van der Waals surface area contributed by atoms with Gasteiger partial charge >= 0.3 is 0 Å². The number of hydrogen-bond donors (Lipinski definition) is 2. The molecule has 0 radical (unpaired) electrons. The number of fused-ring (bicyclic) bond motifs is 1. The van der Waals surface area contributed by atoms with Crippen molar-refractivity contribution in [3.63, 3.8) is 0 Å². The molecule has 39 heavy (non-hydrogen) atoms. The van der Waals surface area contributed by atoms with E-state index in [1.165, 1.54) is 0 Å². The van der Waals surface area contributed by atoms with Crippen LogP contribution in [-0.2, 0) is 4.79 Å². The molecule has 2 atom stereocenters. The van der Waals surface area contributed by atoms with E-state index in [2.05, 4.69) is 65.4 Å². The minimum Gasteiger partial charge on any atom is -0.352 e. The van der Waals surface area contributed by atoms with Crippen LogP contribution in [0.25, 0.3) is 16.5 Å². The van der Waals surface area contributed by atoms with E-state index >= 15 is 0 Å². The van der Waals surface area contributed by atoms with Crippen molar-refractivity contribution in [2.45, 2.75) is 18.5 Å². The second-order valence-electron chi connectivity index (χ2n) is 9.42. The summed E-state index contributed by atoms with van der Waals surface area (Å²) in [4.78, 5) is 19.9. The van der Waals surface area contributed by atoms with E-state index in [1.54, 1.807) is 6.20 Å². The number of amides is 1. The smallest absolute Gasteiger partial charge is 0.226 e. The molecule has 8 heteroatoms. The van der Waals surface area contributed by atoms with Crippen LogP contribution in [0.1, 0.15) is 29.9 Å². The first kappa shape index (κ1) is 25.3. The SMILES string of the molecule is O=C(CCN1C(=S)NC(c2ccccn2)C1c1cccn1-c1ccc(Br)cc1)Nc1cccc2ccccc12. The van der Waals surface area contributed by atoms with Gasteiger partial charge in [0.2, 0.25) is 5.91 Å². The van der Waals surface area contributed by atoms with Gasteiger partial charge in [-0.15, -0.1) is 0 Å². The van der Waals surface area contributed by atoms with Gasteiger partial charge < -0.3 is 20.1 Å². The van der Waals surface area contributed by atoms with Crippen molar-refractivity contribution in [3.05, 3.63) is 125 Å². The van der Waals surface area contributed by atoms with Crippen molar-refractivity contribution in [1.29, 1.82) is 0 Å². The van der Waals surface area contributed by atoms with Gasteiger partial charge in [0.25, 0.3) is 0 Å². The zero-order valence-corrected chi connectivity index (χ0v) is 23.4. The van der Waals surface area contributed by atoms with Crippen LogP contribution in [0.15, 0.2) is 114 Å². The lowest BCUT2D eigenvalue weighted by molar-refractivity contribution is -0.116. The highest BCUT2D eigenvalue weighted by atomic mass is 79.9. The molecule has 1 fully saturated rings. The first-order valence-electron chi connectivity index (χ1n) is 12.8. The molecule has 1 aliphatic heterocycles. The van der Waals surface area contributed by atoms with Crippen LogP contribution in [0.3, 0.4) is 0 Å². The summed E-state index contributed by atoms with van der Waals surface area (Å²) in [5.41, 5.74) is 3.82. The van der Waals surface area contributed by atoms with Crippen molar-refractivity contribution in [2.75, 3.05) is 11.9 Å². The number of benzene rings is 3. The van der Waals surface area contributed by atoms with Crippen molar-refractivity contribution in [2.24, 2.45) is 0 Å². The molecule has 6 rings (SSSR count). The number of aromatic nitrogens is 2. The Labute approximate surface area is 240 Å². The molecule has 5 aromatic rings. The van der Waals surface area contributed by atoms with E-state index in [0.717, 1.165) is 38.0 Å². The molecule has 6 nitrogen and oxygen atoms in total. The molecule has 2 unspecified atom stereocenters. The van der Waals surface area contributed by atoms with E-state index in [1.807, 2.05) is 78.9 Å². The normalized spacial score (nSPS) is 16.8. The Balaban J connectivity index is 1.29. The number of nitrogens with zero attached hydrogens (tertiary/aromatic N) is 3. The van der Waals surface area contributed by atoms with Crippen molar-refractivity contribution in [1.82, 2.24) is 19.8 Å². The monoisotopic (exact) mass is 595 g/mol. The van der Waals surface area contributed by atoms with Gasteiger partial charge in [-0.05, 0) is 72.2 Å². The van der Waals surface area contributed by atoms with Gasteiger partial charge in [0.15, 0.2) is 5.11 Å². The Bertz CT molecular complexity index is 1630. The minimum atomic E-state index is -0.163. The summed E-state index contributed by atoms with van der Waals surface area (Å²) in [5.74, 6) is -0.0579. The Hall–Kier alpha value is -4.01. The number of hydrogen-bond acceptors (Lipinski definition) is 3. The third-order valence-electron chi connectivity index (χ3n) is 7.03. The lowest BCUT2D eigenvalue weighted by Crippen LogP contribution is -2.33. The fraction of sp³-hybridized carbons (Fsp3) is 0.129. The van der Waals surface area contributed by atoms with Gasteiger partial charge in [0.05, 0.1) is 17.8 Å². The molecule has 0 saturated carbocycles. The first-order chi connectivity index (χ1) is 19.1. The van der Waals surface area contributed by atoms with E-state index in [0.29, 0.717) is 11.7 Å². The van der Waals surface area contributed by atoms with Gasteiger partial charge in [-0.25, -0.2) is 0 Å². The highest BCUT2D eigenvalue weighted by molar-refractivity contribution is 9.10. The highest BCUT2D eigenvalue weighted by Gasteiger charge is 2.41. The van der Waals surface area contributed by atoms with Crippen molar-refractivity contribution in [3.8, 4) is 5.69 Å². The van der Waals surface area contributed by atoms with E-state index in [9.17, 15) is 4.79 Å². The third kappa shape index (κ3) is 5.17. The fourth-order valence-corrected chi connectivity index (χ4v) is 5.81. The molecule has 2 aromatic heterocycles. The Morgan fingerprint density at radius 2 is 1.74 bits per heavy atom. The molecule has 0 bridgehead atoms. The average Bonchev–Trinajstić information content (AvgIpc) is 3.57. The zero-order chi connectivity index (χ0) is 26.8. The molecule has 194 valence electrons. The fourth-order valence-electron chi connectivity index (χ4n) is 5.21. The summed E-state index contributed by atoms with van der Waals surface area (Å²) < 4.78 is 3.19. The number of rotatable bonds is 7. The van der Waals surface area contributed by atoms with Crippen molar-refractivity contribution < 1.29 is 4.79 Å². The average molecular weight is 597 g/mol. The quantitative estimate of drug-likeness (QED) is 0.203. The Morgan fingerprint density at radius 3 is 2.56 bits per heavy atom. The maximum atomic E-state index is 13.2. The van der Waals surface area contributed by atoms with Crippen LogP contribution < -0.4 is 10.6 Å². The summed E-state index contributed by atoms with van der Waals surface area (Å²) >= 11 is 9.36. The van der Waals surface area contributed by atoms with Crippen LogP contribution >= 0.6 is 28.1 Å².